The van der Waals surface area contributed by atoms with Gasteiger partial charge >= 0.3 is 0 Å². The Hall–Kier alpha value is -2.78. The van der Waals surface area contributed by atoms with Crippen molar-refractivity contribution in [3.63, 3.8) is 0 Å². The van der Waals surface area contributed by atoms with Crippen LogP contribution in [0, 0.1) is 16.0 Å². The summed E-state index contributed by atoms with van der Waals surface area (Å²) in [6.07, 6.45) is 1.29. The Morgan fingerprint density at radius 1 is 1.24 bits per heavy atom. The first-order valence-corrected chi connectivity index (χ1v) is 9.69. The van der Waals surface area contributed by atoms with Crippen molar-refractivity contribution < 1.29 is 14.5 Å². The van der Waals surface area contributed by atoms with Crippen molar-refractivity contribution >= 4 is 51.2 Å². The van der Waals surface area contributed by atoms with Gasteiger partial charge in [0.05, 0.1) is 15.6 Å². The fourth-order valence-electron chi connectivity index (χ4n) is 2.38. The molecule has 0 bridgehead atoms. The van der Waals surface area contributed by atoms with Gasteiger partial charge in [-0.15, -0.1) is 0 Å². The number of amides is 2. The summed E-state index contributed by atoms with van der Waals surface area (Å²) >= 11 is 8.99. The smallest absolute Gasteiger partial charge is 0.284 e. The Bertz CT molecular complexity index is 965. The van der Waals surface area contributed by atoms with E-state index in [9.17, 15) is 19.7 Å². The molecule has 0 radical (unpaired) electrons. The van der Waals surface area contributed by atoms with Crippen LogP contribution in [0.15, 0.2) is 52.0 Å². The molecule has 0 saturated heterocycles. The molecule has 0 heterocycles. The summed E-state index contributed by atoms with van der Waals surface area (Å²) in [6.45, 7) is 3.56. The van der Waals surface area contributed by atoms with Crippen LogP contribution in [-0.2, 0) is 4.79 Å². The lowest BCUT2D eigenvalue weighted by atomic mass is 10.0. The highest BCUT2D eigenvalue weighted by Crippen LogP contribution is 2.24. The lowest BCUT2D eigenvalue weighted by Crippen LogP contribution is -2.48. The Morgan fingerprint density at radius 2 is 1.97 bits per heavy atom. The standard InChI is InChI=1S/C19H18BrClN4O4/c1-11(2)17(23-18(26)13-4-3-5-14(21)9-13)19(27)24-22-10-12-6-7-15(20)16(8-12)25(28)29/h3-11,17H,1-2H3,(H,23,26)(H,24,27)/b22-10-. The normalized spacial score (nSPS) is 12.0. The van der Waals surface area contributed by atoms with Gasteiger partial charge in [-0.3, -0.25) is 19.7 Å². The van der Waals surface area contributed by atoms with E-state index < -0.39 is 22.8 Å². The lowest BCUT2D eigenvalue weighted by Gasteiger charge is -2.20. The second-order valence-electron chi connectivity index (χ2n) is 6.41. The lowest BCUT2D eigenvalue weighted by molar-refractivity contribution is -0.385. The molecule has 0 aliphatic heterocycles. The molecule has 2 N–H and O–H groups in total. The van der Waals surface area contributed by atoms with Crippen LogP contribution >= 0.6 is 27.5 Å². The van der Waals surface area contributed by atoms with Crippen molar-refractivity contribution in [3.05, 3.63) is 73.2 Å². The second-order valence-corrected chi connectivity index (χ2v) is 7.70. The van der Waals surface area contributed by atoms with Crippen LogP contribution < -0.4 is 10.7 Å². The minimum Gasteiger partial charge on any atom is -0.340 e. The molecule has 1 atom stereocenters. The molecule has 8 nitrogen and oxygen atoms in total. The van der Waals surface area contributed by atoms with Crippen LogP contribution in [0.25, 0.3) is 0 Å². The average molecular weight is 482 g/mol. The topological polar surface area (TPSA) is 114 Å². The monoisotopic (exact) mass is 480 g/mol. The molecule has 152 valence electrons. The third-order valence-electron chi connectivity index (χ3n) is 3.88. The molecule has 2 amide bonds. The van der Waals surface area contributed by atoms with Crippen LogP contribution in [0.5, 0.6) is 0 Å². The van der Waals surface area contributed by atoms with Gasteiger partial charge in [-0.2, -0.15) is 5.10 Å². The van der Waals surface area contributed by atoms with Crippen molar-refractivity contribution in [2.24, 2.45) is 11.0 Å². The van der Waals surface area contributed by atoms with Crippen molar-refractivity contribution in [2.75, 3.05) is 0 Å². The van der Waals surface area contributed by atoms with Gasteiger partial charge in [0.1, 0.15) is 6.04 Å². The molecule has 2 aromatic carbocycles. The van der Waals surface area contributed by atoms with Crippen molar-refractivity contribution in [3.8, 4) is 0 Å². The van der Waals surface area contributed by atoms with Crippen LogP contribution in [0.3, 0.4) is 0 Å². The molecule has 0 aliphatic rings. The number of nitrogens with zero attached hydrogens (tertiary/aromatic N) is 2. The number of halogens is 2. The zero-order valence-corrected chi connectivity index (χ0v) is 17.9. The van der Waals surface area contributed by atoms with E-state index in [1.54, 1.807) is 38.1 Å². The van der Waals surface area contributed by atoms with Crippen LogP contribution in [0.1, 0.15) is 29.8 Å². The Labute approximate surface area is 180 Å². The highest BCUT2D eigenvalue weighted by atomic mass is 79.9. The molecular weight excluding hydrogens is 464 g/mol. The van der Waals surface area contributed by atoms with E-state index in [1.807, 2.05) is 0 Å². The number of carbonyl (C=O) groups excluding carboxylic acids is 2. The number of hydrazone groups is 1. The summed E-state index contributed by atoms with van der Waals surface area (Å²) in [5.74, 6) is -1.16. The maximum Gasteiger partial charge on any atom is 0.284 e. The Kier molecular flexibility index (Phi) is 7.86. The molecule has 1 unspecified atom stereocenters. The number of hydrogen-bond donors (Lipinski definition) is 2. The summed E-state index contributed by atoms with van der Waals surface area (Å²) in [6, 6.07) is 9.99. The first-order chi connectivity index (χ1) is 13.7. The molecule has 0 spiro atoms. The van der Waals surface area contributed by atoms with E-state index in [1.165, 1.54) is 24.4 Å². The van der Waals surface area contributed by atoms with E-state index in [2.05, 4.69) is 31.8 Å². The summed E-state index contributed by atoms with van der Waals surface area (Å²) in [5.41, 5.74) is 3.01. The van der Waals surface area contributed by atoms with Crippen molar-refractivity contribution in [2.45, 2.75) is 19.9 Å². The van der Waals surface area contributed by atoms with E-state index in [-0.39, 0.29) is 11.6 Å². The maximum atomic E-state index is 12.5. The van der Waals surface area contributed by atoms with Gasteiger partial charge in [-0.25, -0.2) is 5.43 Å². The fourth-order valence-corrected chi connectivity index (χ4v) is 2.96. The minimum absolute atomic E-state index is 0.117. The van der Waals surface area contributed by atoms with Crippen LogP contribution in [0.2, 0.25) is 5.02 Å². The molecule has 2 rings (SSSR count). The minimum atomic E-state index is -0.835. The largest absolute Gasteiger partial charge is 0.340 e. The van der Waals surface area contributed by atoms with Gasteiger partial charge in [-0.1, -0.05) is 37.6 Å². The van der Waals surface area contributed by atoms with Crippen LogP contribution in [-0.4, -0.2) is 29.0 Å². The highest BCUT2D eigenvalue weighted by molar-refractivity contribution is 9.10. The highest BCUT2D eigenvalue weighted by Gasteiger charge is 2.24. The fraction of sp³-hybridized carbons (Fsp3) is 0.211. The van der Waals surface area contributed by atoms with Crippen molar-refractivity contribution in [1.82, 2.24) is 10.7 Å². The number of nitrogens with one attached hydrogen (secondary N) is 2. The van der Waals surface area contributed by atoms with Gasteiger partial charge in [0.25, 0.3) is 17.5 Å². The molecular formula is C19H18BrClN4O4. The number of hydrogen-bond acceptors (Lipinski definition) is 5. The number of nitro groups is 1. The zero-order valence-electron chi connectivity index (χ0n) is 15.6. The predicted octanol–water partition coefficient (Wildman–Crippen LogP) is 3.92. The first-order valence-electron chi connectivity index (χ1n) is 8.52. The van der Waals surface area contributed by atoms with Crippen LogP contribution in [0.4, 0.5) is 5.69 Å². The van der Waals surface area contributed by atoms with Gasteiger partial charge in [0, 0.05) is 22.2 Å². The number of benzene rings is 2. The van der Waals surface area contributed by atoms with Gasteiger partial charge < -0.3 is 5.32 Å². The molecule has 0 saturated carbocycles. The van der Waals surface area contributed by atoms with Gasteiger partial charge in [-0.05, 0) is 46.1 Å². The molecule has 0 aromatic heterocycles. The Morgan fingerprint density at radius 3 is 2.59 bits per heavy atom. The van der Waals surface area contributed by atoms with Gasteiger partial charge in [0.2, 0.25) is 0 Å². The Balaban J connectivity index is 2.06. The SMILES string of the molecule is CC(C)C(NC(=O)c1cccc(Cl)c1)C(=O)N/N=C\c1ccc(Br)c([N+](=O)[O-])c1. The number of carbonyl (C=O) groups is 2. The van der Waals surface area contributed by atoms with E-state index in [0.29, 0.717) is 20.6 Å². The van der Waals surface area contributed by atoms with E-state index >= 15 is 0 Å². The summed E-state index contributed by atoms with van der Waals surface area (Å²) in [7, 11) is 0. The molecule has 10 heteroatoms. The number of nitro benzene ring substituents is 1. The summed E-state index contributed by atoms with van der Waals surface area (Å²) < 4.78 is 0.340. The van der Waals surface area contributed by atoms with Crippen molar-refractivity contribution in [1.29, 1.82) is 0 Å². The quantitative estimate of drug-likeness (QED) is 0.354. The molecule has 0 aliphatic carbocycles. The molecule has 0 fully saturated rings. The third-order valence-corrected chi connectivity index (χ3v) is 4.78. The molecule has 2 aromatic rings. The van der Waals surface area contributed by atoms with E-state index in [0.717, 1.165) is 0 Å². The maximum absolute atomic E-state index is 12.5. The zero-order chi connectivity index (χ0) is 21.6. The molecule has 29 heavy (non-hydrogen) atoms. The average Bonchev–Trinajstić information content (AvgIpc) is 2.66. The van der Waals surface area contributed by atoms with E-state index in [4.69, 9.17) is 11.6 Å². The summed E-state index contributed by atoms with van der Waals surface area (Å²) in [4.78, 5) is 35.3. The first kappa shape index (κ1) is 22.5. The third kappa shape index (κ3) is 6.37. The predicted molar refractivity (Wildman–Crippen MR) is 114 cm³/mol. The van der Waals surface area contributed by atoms with Gasteiger partial charge in [0.15, 0.2) is 0 Å². The second kappa shape index (κ2) is 10.1. The number of rotatable bonds is 7. The summed E-state index contributed by atoms with van der Waals surface area (Å²) in [5, 5.41) is 17.9.